The van der Waals surface area contributed by atoms with Gasteiger partial charge in [0.05, 0.1) is 5.56 Å². The number of hydrogen-bond donors (Lipinski definition) is 6. The predicted octanol–water partition coefficient (Wildman–Crippen LogP) is 0.288. The number of benzene rings is 1. The van der Waals surface area contributed by atoms with Crippen molar-refractivity contribution in [1.82, 2.24) is 15.3 Å². The van der Waals surface area contributed by atoms with Crippen molar-refractivity contribution in [3.63, 3.8) is 0 Å². The van der Waals surface area contributed by atoms with Gasteiger partial charge in [-0.05, 0) is 43.4 Å². The molecule has 2 atom stereocenters. The van der Waals surface area contributed by atoms with Crippen LogP contribution in [0.2, 0.25) is 0 Å². The lowest BCUT2D eigenvalue weighted by molar-refractivity contribution is -0.140. The van der Waals surface area contributed by atoms with Gasteiger partial charge in [-0.15, -0.1) is 0 Å². The number of hydrogen-bond acceptors (Lipinski definition) is 8. The molecule has 1 amide bonds. The fraction of sp³-hybridized carbons (Fsp3) is 0.333. The third-order valence-corrected chi connectivity index (χ3v) is 5.02. The quantitative estimate of drug-likeness (QED) is 0.238. The van der Waals surface area contributed by atoms with Crippen LogP contribution < -0.4 is 22.3 Å². The SMILES string of the molecule is Nc1nc(N)c(CCCC(C=O)c2ccc(C(=O)N[C@@H](CCC(=O)O)C(=O)O)cc2)c(=O)[nH]1. The Balaban J connectivity index is 1.99. The maximum Gasteiger partial charge on any atom is 0.326 e. The van der Waals surface area contributed by atoms with Gasteiger partial charge in [0.1, 0.15) is 18.1 Å². The standard InChI is InChI=1S/C21H25N5O7/c22-17-14(19(31)26-21(23)25-17)3-1-2-13(10-27)11-4-6-12(7-5-11)18(30)24-15(20(32)33)8-9-16(28)29/h4-7,10,13,15H,1-3,8-9H2,(H,24,30)(H,28,29)(H,32,33)(H5,22,23,25,26,31)/t13?,15-/m0/s1. The lowest BCUT2D eigenvalue weighted by Crippen LogP contribution is -2.41. The van der Waals surface area contributed by atoms with E-state index in [9.17, 15) is 24.0 Å². The van der Waals surface area contributed by atoms with Crippen LogP contribution in [0.25, 0.3) is 0 Å². The van der Waals surface area contributed by atoms with Crippen LogP contribution in [0, 0.1) is 0 Å². The monoisotopic (exact) mass is 459 g/mol. The molecule has 0 saturated heterocycles. The summed E-state index contributed by atoms with van der Waals surface area (Å²) in [7, 11) is 0. The topological polar surface area (TPSA) is 219 Å². The van der Waals surface area contributed by atoms with Crippen molar-refractivity contribution < 1.29 is 29.4 Å². The molecule has 1 unspecified atom stereocenters. The molecule has 1 aromatic heterocycles. The van der Waals surface area contributed by atoms with E-state index in [0.717, 1.165) is 6.29 Å². The molecule has 2 aromatic rings. The molecule has 12 nitrogen and oxygen atoms in total. The summed E-state index contributed by atoms with van der Waals surface area (Å²) in [6.07, 6.45) is 1.28. The Labute approximate surface area is 188 Å². The minimum Gasteiger partial charge on any atom is -0.481 e. The fourth-order valence-electron chi connectivity index (χ4n) is 3.24. The van der Waals surface area contributed by atoms with Crippen molar-refractivity contribution >= 4 is 35.9 Å². The molecule has 0 saturated carbocycles. The lowest BCUT2D eigenvalue weighted by Gasteiger charge is -2.15. The highest BCUT2D eigenvalue weighted by atomic mass is 16.4. The number of nitrogen functional groups attached to an aromatic ring is 2. The summed E-state index contributed by atoms with van der Waals surface area (Å²) in [5.41, 5.74) is 11.8. The highest BCUT2D eigenvalue weighted by molar-refractivity contribution is 5.96. The molecule has 0 aliphatic rings. The van der Waals surface area contributed by atoms with Crippen LogP contribution >= 0.6 is 0 Å². The number of H-pyrrole nitrogens is 1. The average molecular weight is 459 g/mol. The summed E-state index contributed by atoms with van der Waals surface area (Å²) in [4.78, 5) is 63.9. The number of anilines is 2. The number of nitrogens with zero attached hydrogens (tertiary/aromatic N) is 1. The number of carbonyl (C=O) groups is 4. The first-order chi connectivity index (χ1) is 15.6. The summed E-state index contributed by atoms with van der Waals surface area (Å²) >= 11 is 0. The van der Waals surface area contributed by atoms with Gasteiger partial charge in [-0.3, -0.25) is 19.4 Å². The molecule has 0 fully saturated rings. The zero-order chi connectivity index (χ0) is 24.5. The number of nitrogens with two attached hydrogens (primary N) is 2. The van der Waals surface area contributed by atoms with E-state index in [1.54, 1.807) is 12.1 Å². The molecule has 1 aromatic carbocycles. The summed E-state index contributed by atoms with van der Waals surface area (Å²) in [5, 5.41) is 20.1. The minimum absolute atomic E-state index is 0.0392. The molecule has 1 heterocycles. The first-order valence-electron chi connectivity index (χ1n) is 10.1. The van der Waals surface area contributed by atoms with Crippen LogP contribution in [0.1, 0.15) is 53.1 Å². The zero-order valence-corrected chi connectivity index (χ0v) is 17.6. The second kappa shape index (κ2) is 11.4. The van der Waals surface area contributed by atoms with E-state index in [0.29, 0.717) is 24.8 Å². The van der Waals surface area contributed by atoms with Crippen LogP contribution in [0.4, 0.5) is 11.8 Å². The van der Waals surface area contributed by atoms with Crippen LogP contribution in [0.3, 0.4) is 0 Å². The van der Waals surface area contributed by atoms with E-state index in [-0.39, 0.29) is 29.3 Å². The molecule has 0 aliphatic heterocycles. The molecule has 12 heteroatoms. The number of aromatic amines is 1. The summed E-state index contributed by atoms with van der Waals surface area (Å²) in [5.74, 6) is -3.71. The average Bonchev–Trinajstić information content (AvgIpc) is 2.75. The van der Waals surface area contributed by atoms with Crippen molar-refractivity contribution in [2.24, 2.45) is 0 Å². The van der Waals surface area contributed by atoms with Crippen molar-refractivity contribution in [3.8, 4) is 0 Å². The van der Waals surface area contributed by atoms with E-state index < -0.39 is 41.8 Å². The number of aldehydes is 1. The van der Waals surface area contributed by atoms with E-state index >= 15 is 0 Å². The van der Waals surface area contributed by atoms with Gasteiger partial charge in [-0.2, -0.15) is 4.98 Å². The van der Waals surface area contributed by atoms with E-state index in [4.69, 9.17) is 21.7 Å². The predicted molar refractivity (Wildman–Crippen MR) is 118 cm³/mol. The Morgan fingerprint density at radius 2 is 1.79 bits per heavy atom. The van der Waals surface area contributed by atoms with Gasteiger partial charge in [0.25, 0.3) is 11.5 Å². The Morgan fingerprint density at radius 3 is 2.33 bits per heavy atom. The maximum absolute atomic E-state index is 12.3. The van der Waals surface area contributed by atoms with Gasteiger partial charge < -0.3 is 31.8 Å². The molecule has 176 valence electrons. The number of rotatable bonds is 12. The number of carboxylic acid groups (broad SMARTS) is 2. The molecule has 33 heavy (non-hydrogen) atoms. The zero-order valence-electron chi connectivity index (χ0n) is 17.6. The largest absolute Gasteiger partial charge is 0.481 e. The van der Waals surface area contributed by atoms with Gasteiger partial charge in [0.15, 0.2) is 0 Å². The summed E-state index contributed by atoms with van der Waals surface area (Å²) in [6.45, 7) is 0. The van der Waals surface area contributed by atoms with Crippen LogP contribution in [0.15, 0.2) is 29.1 Å². The van der Waals surface area contributed by atoms with Crippen LogP contribution in [0.5, 0.6) is 0 Å². The maximum atomic E-state index is 12.3. The van der Waals surface area contributed by atoms with E-state index in [2.05, 4.69) is 15.3 Å². The van der Waals surface area contributed by atoms with Crippen molar-refractivity contribution in [2.45, 2.75) is 44.1 Å². The molecule has 0 radical (unpaired) electrons. The number of amides is 1. The number of nitrogens with one attached hydrogen (secondary N) is 2. The normalized spacial score (nSPS) is 12.5. The van der Waals surface area contributed by atoms with E-state index in [1.165, 1.54) is 12.1 Å². The molecular weight excluding hydrogens is 434 g/mol. The molecule has 0 bridgehead atoms. The third-order valence-electron chi connectivity index (χ3n) is 5.02. The second-order valence-electron chi connectivity index (χ2n) is 7.37. The number of carbonyl (C=O) groups excluding carboxylic acids is 2. The van der Waals surface area contributed by atoms with Gasteiger partial charge >= 0.3 is 11.9 Å². The number of aromatic nitrogens is 2. The first-order valence-corrected chi connectivity index (χ1v) is 10.1. The Bertz CT molecular complexity index is 1080. The minimum atomic E-state index is -1.34. The van der Waals surface area contributed by atoms with Gasteiger partial charge in [-0.1, -0.05) is 12.1 Å². The van der Waals surface area contributed by atoms with E-state index in [1.807, 2.05) is 0 Å². The molecule has 8 N–H and O–H groups in total. The molecule has 0 spiro atoms. The van der Waals surface area contributed by atoms with Crippen molar-refractivity contribution in [3.05, 3.63) is 51.3 Å². The first kappa shape index (κ1) is 25.0. The Kier molecular flexibility index (Phi) is 8.66. The van der Waals surface area contributed by atoms with Crippen LogP contribution in [-0.4, -0.2) is 50.4 Å². The van der Waals surface area contributed by atoms with Gasteiger partial charge in [0, 0.05) is 17.9 Å². The van der Waals surface area contributed by atoms with Crippen LogP contribution in [-0.2, 0) is 20.8 Å². The number of carboxylic acids is 2. The van der Waals surface area contributed by atoms with Crippen molar-refractivity contribution in [1.29, 1.82) is 0 Å². The summed E-state index contributed by atoms with van der Waals surface area (Å²) in [6, 6.07) is 4.71. The smallest absolute Gasteiger partial charge is 0.326 e. The third kappa shape index (κ3) is 7.16. The number of aliphatic carboxylic acids is 2. The highest BCUT2D eigenvalue weighted by Gasteiger charge is 2.22. The molecule has 0 aliphatic carbocycles. The fourth-order valence-corrected chi connectivity index (χ4v) is 3.24. The van der Waals surface area contributed by atoms with Gasteiger partial charge in [0.2, 0.25) is 5.95 Å². The summed E-state index contributed by atoms with van der Waals surface area (Å²) < 4.78 is 0. The van der Waals surface area contributed by atoms with Crippen molar-refractivity contribution in [2.75, 3.05) is 11.5 Å². The van der Waals surface area contributed by atoms with Gasteiger partial charge in [-0.25, -0.2) is 4.79 Å². The Morgan fingerprint density at radius 1 is 1.12 bits per heavy atom. The highest BCUT2D eigenvalue weighted by Crippen LogP contribution is 2.21. The lowest BCUT2D eigenvalue weighted by atomic mass is 9.93. The Hall–Kier alpha value is -4.22. The molecular formula is C21H25N5O7. The second-order valence-corrected chi connectivity index (χ2v) is 7.37. The molecule has 2 rings (SSSR count).